The summed E-state index contributed by atoms with van der Waals surface area (Å²) in [6.45, 7) is 6.18. The molecule has 6 saturated carbocycles. The summed E-state index contributed by atoms with van der Waals surface area (Å²) in [6, 6.07) is 0. The zero-order valence-corrected chi connectivity index (χ0v) is 34.6. The van der Waals surface area contributed by atoms with Gasteiger partial charge in [0.2, 0.25) is 0 Å². The number of likely N-dealkylation sites (N-methyl/N-ethyl adjacent to an activating group) is 1. The number of aldehydes is 1. The van der Waals surface area contributed by atoms with Crippen molar-refractivity contribution in [3.63, 3.8) is 0 Å². The normalized spacial score (nSPS) is 51.0. The van der Waals surface area contributed by atoms with Crippen LogP contribution in [0.5, 0.6) is 0 Å². The molecule has 0 aromatic heterocycles. The molecule has 0 saturated heterocycles. The van der Waals surface area contributed by atoms with Crippen LogP contribution in [0.4, 0.5) is 0 Å². The van der Waals surface area contributed by atoms with Crippen molar-refractivity contribution in [2.75, 3.05) is 26.7 Å². The minimum atomic E-state index is -2.14. The van der Waals surface area contributed by atoms with E-state index >= 15 is 0 Å². The summed E-state index contributed by atoms with van der Waals surface area (Å²) in [5, 5.41) is 73.9. The molecule has 57 heavy (non-hydrogen) atoms. The molecule has 0 aromatic carbocycles. The third-order valence-electron chi connectivity index (χ3n) is 18.7. The van der Waals surface area contributed by atoms with Crippen molar-refractivity contribution in [1.29, 1.82) is 0 Å². The fraction of sp³-hybridized carbons (Fsp3) is 0.830. The van der Waals surface area contributed by atoms with E-state index in [2.05, 4.69) is 35.8 Å². The third kappa shape index (κ3) is 5.45. The Hall–Kier alpha value is -1.92. The number of aliphatic hydroxyl groups is 5. The Kier molecular flexibility index (Phi) is 10.4. The summed E-state index contributed by atoms with van der Waals surface area (Å²) in [5.41, 5.74) is -6.45. The van der Waals surface area contributed by atoms with Crippen LogP contribution in [-0.2, 0) is 14.3 Å². The van der Waals surface area contributed by atoms with Crippen molar-refractivity contribution >= 4 is 12.3 Å². The molecule has 9 aliphatic rings. The van der Waals surface area contributed by atoms with Gasteiger partial charge in [-0.2, -0.15) is 0 Å². The first-order valence-corrected chi connectivity index (χ1v) is 23.0. The molecule has 0 aromatic rings. The maximum Gasteiger partial charge on any atom is 0.331 e. The molecule has 0 spiro atoms. The van der Waals surface area contributed by atoms with Gasteiger partial charge in [-0.15, -0.1) is 0 Å². The van der Waals surface area contributed by atoms with Crippen LogP contribution in [-0.4, -0.2) is 99.6 Å². The lowest BCUT2D eigenvalue weighted by molar-refractivity contribution is -0.377. The zero-order chi connectivity index (χ0) is 40.1. The molecular formula is C47H70N2O8. The first kappa shape index (κ1) is 40.5. The molecule has 1 heterocycles. The Morgan fingerprint density at radius 1 is 0.965 bits per heavy atom. The maximum absolute atomic E-state index is 14.4. The van der Waals surface area contributed by atoms with Gasteiger partial charge in [0.05, 0.1) is 23.2 Å². The van der Waals surface area contributed by atoms with Gasteiger partial charge in [0.1, 0.15) is 23.6 Å². The molecule has 0 radical (unpaired) electrons. The molecule has 10 heteroatoms. The van der Waals surface area contributed by atoms with Crippen molar-refractivity contribution in [3.05, 3.63) is 35.5 Å². The van der Waals surface area contributed by atoms with Gasteiger partial charge in [-0.3, -0.25) is 0 Å². The van der Waals surface area contributed by atoms with Crippen molar-refractivity contribution in [3.8, 4) is 0 Å². The van der Waals surface area contributed by atoms with Gasteiger partial charge >= 0.3 is 5.97 Å². The van der Waals surface area contributed by atoms with Gasteiger partial charge in [-0.1, -0.05) is 77.0 Å². The zero-order valence-electron chi connectivity index (χ0n) is 34.6. The number of fused-ring (bicyclic) bond motifs is 9. The van der Waals surface area contributed by atoms with E-state index in [4.69, 9.17) is 4.74 Å². The SMILES string of the molecule is CCCCCC1CC2(C=O)C3CCC4(C)C5C6=CC(=O)OC6C(CNCCNC)=CC5CC4(O)C3(O)C(O)C3CC4C(C=CCC4C4CCCC4)CC(C1O)C32O. The van der Waals surface area contributed by atoms with Crippen molar-refractivity contribution in [2.45, 2.75) is 145 Å². The number of aliphatic hydroxyl groups excluding tert-OH is 2. The van der Waals surface area contributed by atoms with Gasteiger partial charge in [-0.05, 0) is 111 Å². The average Bonchev–Trinajstić information content (AvgIpc) is 3.90. The van der Waals surface area contributed by atoms with E-state index in [0.29, 0.717) is 44.1 Å². The minimum absolute atomic E-state index is 0.0815. The molecule has 0 bridgehead atoms. The first-order valence-electron chi connectivity index (χ1n) is 23.0. The number of carbonyl (C=O) groups is 2. The Morgan fingerprint density at radius 2 is 1.75 bits per heavy atom. The van der Waals surface area contributed by atoms with Crippen molar-refractivity contribution in [1.82, 2.24) is 10.6 Å². The quantitative estimate of drug-likeness (QED) is 0.0691. The van der Waals surface area contributed by atoms with E-state index in [0.717, 1.165) is 62.6 Å². The lowest BCUT2D eigenvalue weighted by Crippen LogP contribution is -2.85. The molecule has 1 aliphatic heterocycles. The molecule has 316 valence electrons. The Labute approximate surface area is 339 Å². The Balaban J connectivity index is 1.18. The highest BCUT2D eigenvalue weighted by Crippen LogP contribution is 2.76. The highest BCUT2D eigenvalue weighted by atomic mass is 16.5. The highest BCUT2D eigenvalue weighted by molar-refractivity contribution is 5.87. The summed E-state index contributed by atoms with van der Waals surface area (Å²) in [5.74, 6) is -2.63. The molecule has 6 fully saturated rings. The molecular weight excluding hydrogens is 721 g/mol. The van der Waals surface area contributed by atoms with Gasteiger partial charge in [-0.25, -0.2) is 4.79 Å². The van der Waals surface area contributed by atoms with Gasteiger partial charge in [0.25, 0.3) is 0 Å². The minimum Gasteiger partial charge on any atom is -0.450 e. The predicted molar refractivity (Wildman–Crippen MR) is 215 cm³/mol. The van der Waals surface area contributed by atoms with E-state index in [1.54, 1.807) is 6.08 Å². The summed E-state index contributed by atoms with van der Waals surface area (Å²) in [6.07, 6.45) is 17.8. The maximum atomic E-state index is 14.4. The standard InChI is InChI=1S/C47H70N2O8/c1-4-5-6-12-29-23-44(26-50)37-15-16-43(2)39-30(19-31(25-49-18-17-48-3)41-34(39)22-38(51)57-41)24-45(43,54)47(37,56)42(53)36-21-33-28(20-35(40(29)52)46(36,44)55)13-9-14-32(33)27-10-7-8-11-27/h9,13,19,22,26-30,32-33,35-37,39-42,48-49,52-56H,4-8,10-12,14-18,20-21,23-25H2,1-3H3. The number of unbranched alkanes of at least 4 members (excludes halogenated alkanes) is 2. The number of rotatable bonds is 11. The van der Waals surface area contributed by atoms with Crippen molar-refractivity contribution < 1.29 is 39.9 Å². The smallest absolute Gasteiger partial charge is 0.331 e. The second kappa shape index (κ2) is 14.6. The molecule has 10 nitrogen and oxygen atoms in total. The second-order valence-electron chi connectivity index (χ2n) is 20.8. The highest BCUT2D eigenvalue weighted by Gasteiger charge is 2.85. The van der Waals surface area contributed by atoms with Gasteiger partial charge < -0.3 is 45.7 Å². The van der Waals surface area contributed by atoms with E-state index in [1.165, 1.54) is 25.7 Å². The van der Waals surface area contributed by atoms with Crippen LogP contribution in [0.1, 0.15) is 110 Å². The van der Waals surface area contributed by atoms with Crippen LogP contribution in [0.25, 0.3) is 0 Å². The van der Waals surface area contributed by atoms with E-state index in [-0.39, 0.29) is 42.4 Å². The summed E-state index contributed by atoms with van der Waals surface area (Å²) in [7, 11) is 1.90. The number of hydrogen-bond donors (Lipinski definition) is 7. The van der Waals surface area contributed by atoms with E-state index in [9.17, 15) is 35.1 Å². The molecule has 0 amide bonds. The van der Waals surface area contributed by atoms with Crippen LogP contribution >= 0.6 is 0 Å². The molecule has 17 atom stereocenters. The van der Waals surface area contributed by atoms with E-state index in [1.807, 2.05) is 14.0 Å². The van der Waals surface area contributed by atoms with Crippen LogP contribution in [0.2, 0.25) is 0 Å². The summed E-state index contributed by atoms with van der Waals surface area (Å²) < 4.78 is 5.95. The van der Waals surface area contributed by atoms with Gasteiger partial charge in [0, 0.05) is 48.9 Å². The summed E-state index contributed by atoms with van der Waals surface area (Å²) in [4.78, 5) is 27.4. The topological polar surface area (TPSA) is 169 Å². The van der Waals surface area contributed by atoms with Crippen LogP contribution in [0.15, 0.2) is 35.5 Å². The molecule has 7 N–H and O–H groups in total. The van der Waals surface area contributed by atoms with E-state index < -0.39 is 69.7 Å². The third-order valence-corrected chi connectivity index (χ3v) is 18.7. The fourth-order valence-corrected chi connectivity index (χ4v) is 16.3. The second-order valence-corrected chi connectivity index (χ2v) is 20.8. The number of carbonyl (C=O) groups excluding carboxylic acids is 2. The number of allylic oxidation sites excluding steroid dienone is 3. The molecule has 17 unspecified atom stereocenters. The van der Waals surface area contributed by atoms with Crippen molar-refractivity contribution in [2.24, 2.45) is 70.0 Å². The average molecular weight is 791 g/mol. The number of nitrogens with one attached hydrogen (secondary N) is 2. The number of ether oxygens (including phenoxy) is 1. The summed E-state index contributed by atoms with van der Waals surface area (Å²) >= 11 is 0. The predicted octanol–water partition coefficient (Wildman–Crippen LogP) is 4.38. The van der Waals surface area contributed by atoms with Crippen LogP contribution < -0.4 is 10.6 Å². The largest absolute Gasteiger partial charge is 0.450 e. The number of esters is 1. The lowest BCUT2D eigenvalue weighted by Gasteiger charge is -2.73. The lowest BCUT2D eigenvalue weighted by atomic mass is 9.34. The Bertz CT molecular complexity index is 1680. The Morgan fingerprint density at radius 3 is 2.49 bits per heavy atom. The van der Waals surface area contributed by atoms with Crippen LogP contribution in [0.3, 0.4) is 0 Å². The first-order chi connectivity index (χ1) is 27.3. The fourth-order valence-electron chi connectivity index (χ4n) is 16.3. The molecule has 8 aliphatic carbocycles. The monoisotopic (exact) mass is 791 g/mol. The number of hydrogen-bond acceptors (Lipinski definition) is 10. The van der Waals surface area contributed by atoms with Crippen LogP contribution in [0, 0.1) is 70.0 Å². The molecule has 9 rings (SSSR count). The van der Waals surface area contributed by atoms with Gasteiger partial charge in [0.15, 0.2) is 0 Å².